The molecule has 6 heteroatoms. The molecule has 0 unspecified atom stereocenters. The van der Waals surface area contributed by atoms with Crippen LogP contribution in [0.1, 0.15) is 37.7 Å². The van der Waals surface area contributed by atoms with E-state index < -0.39 is 0 Å². The summed E-state index contributed by atoms with van der Waals surface area (Å²) >= 11 is 0. The highest BCUT2D eigenvalue weighted by Crippen LogP contribution is 2.42. The molecule has 6 nitrogen and oxygen atoms in total. The number of hydrogen-bond acceptors (Lipinski definition) is 4. The Balaban J connectivity index is 1.64. The molecule has 0 aromatic carbocycles. The van der Waals surface area contributed by atoms with E-state index in [9.17, 15) is 9.90 Å². The Labute approximate surface area is 131 Å². The Hall–Kier alpha value is -1.40. The number of carbonyl (C=O) groups excluding carboxylic acids is 1. The number of aliphatic hydroxyl groups is 1. The van der Waals surface area contributed by atoms with Crippen LogP contribution in [0.2, 0.25) is 0 Å². The topological polar surface area (TPSA) is 67.6 Å². The molecule has 1 aromatic rings. The van der Waals surface area contributed by atoms with Gasteiger partial charge in [0.15, 0.2) is 0 Å². The van der Waals surface area contributed by atoms with Gasteiger partial charge < -0.3 is 14.7 Å². The zero-order chi connectivity index (χ0) is 15.7. The third-order valence-electron chi connectivity index (χ3n) is 5.27. The largest absolute Gasteiger partial charge is 0.393 e. The average molecular weight is 307 g/mol. The van der Waals surface area contributed by atoms with Crippen LogP contribution in [0.15, 0.2) is 12.4 Å². The highest BCUT2D eigenvalue weighted by molar-refractivity contribution is 5.77. The minimum absolute atomic E-state index is 0.0163. The molecule has 1 amide bonds. The molecule has 22 heavy (non-hydrogen) atoms. The number of fused-ring (bicyclic) bond motifs is 1. The van der Waals surface area contributed by atoms with Crippen LogP contribution in [0.3, 0.4) is 0 Å². The number of rotatable bonds is 4. The zero-order valence-corrected chi connectivity index (χ0v) is 13.4. The molecule has 122 valence electrons. The fourth-order valence-corrected chi connectivity index (χ4v) is 3.97. The number of carbonyl (C=O) groups is 1. The molecule has 1 aliphatic carbocycles. The van der Waals surface area contributed by atoms with E-state index in [1.807, 2.05) is 18.1 Å². The Morgan fingerprint density at radius 3 is 3.05 bits per heavy atom. The predicted octanol–water partition coefficient (Wildman–Crippen LogP) is 0.884. The van der Waals surface area contributed by atoms with Crippen molar-refractivity contribution in [2.75, 3.05) is 13.7 Å². The Morgan fingerprint density at radius 1 is 1.55 bits per heavy atom. The van der Waals surface area contributed by atoms with Crippen LogP contribution in [0.25, 0.3) is 0 Å². The second-order valence-electron chi connectivity index (χ2n) is 6.57. The molecule has 0 spiro atoms. The summed E-state index contributed by atoms with van der Waals surface area (Å²) in [5.74, 6) is 0.155. The van der Waals surface area contributed by atoms with Gasteiger partial charge in [-0.25, -0.2) is 0 Å². The Kier molecular flexibility index (Phi) is 4.23. The van der Waals surface area contributed by atoms with E-state index >= 15 is 0 Å². The molecule has 2 heterocycles. The molecule has 2 fully saturated rings. The van der Waals surface area contributed by atoms with Crippen molar-refractivity contribution in [1.29, 1.82) is 0 Å². The number of aromatic nitrogens is 2. The Morgan fingerprint density at radius 2 is 2.36 bits per heavy atom. The lowest BCUT2D eigenvalue weighted by molar-refractivity contribution is -0.139. The molecule has 0 radical (unpaired) electrons. The third-order valence-corrected chi connectivity index (χ3v) is 5.27. The van der Waals surface area contributed by atoms with Crippen molar-refractivity contribution in [1.82, 2.24) is 14.7 Å². The van der Waals surface area contributed by atoms with Crippen molar-refractivity contribution in [3.63, 3.8) is 0 Å². The number of aryl methyl sites for hydroxylation is 2. The maximum Gasteiger partial charge on any atom is 0.223 e. The van der Waals surface area contributed by atoms with Crippen LogP contribution in [0.5, 0.6) is 0 Å². The first-order valence-electron chi connectivity index (χ1n) is 8.04. The lowest BCUT2D eigenvalue weighted by Crippen LogP contribution is -2.52. The highest BCUT2D eigenvalue weighted by Gasteiger charge is 2.52. The summed E-state index contributed by atoms with van der Waals surface area (Å²) in [4.78, 5) is 14.5. The van der Waals surface area contributed by atoms with Crippen LogP contribution in [0, 0.1) is 0 Å². The molecule has 1 N–H and O–H groups in total. The average Bonchev–Trinajstić information content (AvgIpc) is 3.09. The monoisotopic (exact) mass is 307 g/mol. The van der Waals surface area contributed by atoms with Crippen molar-refractivity contribution in [2.24, 2.45) is 7.05 Å². The number of methoxy groups -OCH3 is 1. The zero-order valence-electron chi connectivity index (χ0n) is 13.4. The van der Waals surface area contributed by atoms with Crippen molar-refractivity contribution in [3.05, 3.63) is 18.0 Å². The SMILES string of the molecule is CO[C@@]12CC[C@@H](O)C[C@@H]1N(C(=O)CCc1cnn(C)c1)CC2. The molecule has 1 saturated carbocycles. The first-order chi connectivity index (χ1) is 10.5. The normalized spacial score (nSPS) is 31.3. The van der Waals surface area contributed by atoms with Crippen LogP contribution in [0.4, 0.5) is 0 Å². The molecule has 1 aliphatic heterocycles. The van der Waals surface area contributed by atoms with Gasteiger partial charge in [-0.1, -0.05) is 0 Å². The standard InChI is InChI=1S/C16H25N3O3/c1-18-11-12(10-17-18)3-4-15(21)19-8-7-16(22-2)6-5-13(20)9-14(16)19/h10-11,13-14,20H,3-9H2,1-2H3/t13-,14+,16-/m1/s1. The fraction of sp³-hybridized carbons (Fsp3) is 0.750. The molecule has 3 atom stereocenters. The highest BCUT2D eigenvalue weighted by atomic mass is 16.5. The number of hydrogen-bond donors (Lipinski definition) is 1. The van der Waals surface area contributed by atoms with Crippen molar-refractivity contribution in [2.45, 2.75) is 56.3 Å². The summed E-state index contributed by atoms with van der Waals surface area (Å²) in [6, 6.07) is 0.0163. The van der Waals surface area contributed by atoms with Crippen molar-refractivity contribution >= 4 is 5.91 Å². The van der Waals surface area contributed by atoms with E-state index in [4.69, 9.17) is 4.74 Å². The van der Waals surface area contributed by atoms with Crippen LogP contribution >= 0.6 is 0 Å². The predicted molar refractivity (Wildman–Crippen MR) is 81.2 cm³/mol. The number of likely N-dealkylation sites (tertiary alicyclic amines) is 1. The van der Waals surface area contributed by atoms with Gasteiger partial charge in [0, 0.05) is 33.3 Å². The number of aliphatic hydroxyl groups excluding tert-OH is 1. The summed E-state index contributed by atoms with van der Waals surface area (Å²) in [5.41, 5.74) is 0.833. The fourth-order valence-electron chi connectivity index (χ4n) is 3.97. The molecule has 3 rings (SSSR count). The maximum absolute atomic E-state index is 12.6. The van der Waals surface area contributed by atoms with Gasteiger partial charge in [-0.15, -0.1) is 0 Å². The second-order valence-corrected chi connectivity index (χ2v) is 6.57. The minimum Gasteiger partial charge on any atom is -0.393 e. The molecule has 0 bridgehead atoms. The van der Waals surface area contributed by atoms with E-state index in [0.717, 1.165) is 31.4 Å². The van der Waals surface area contributed by atoms with E-state index in [2.05, 4.69) is 5.10 Å². The van der Waals surface area contributed by atoms with E-state index in [-0.39, 0.29) is 23.7 Å². The van der Waals surface area contributed by atoms with Gasteiger partial charge in [0.05, 0.1) is 23.9 Å². The lowest BCUT2D eigenvalue weighted by atomic mass is 9.79. The number of ether oxygens (including phenoxy) is 1. The summed E-state index contributed by atoms with van der Waals surface area (Å²) in [6.07, 6.45) is 7.73. The number of amides is 1. The van der Waals surface area contributed by atoms with Crippen LogP contribution in [-0.4, -0.2) is 57.1 Å². The molecule has 1 aromatic heterocycles. The van der Waals surface area contributed by atoms with Crippen LogP contribution in [-0.2, 0) is 23.0 Å². The molecular formula is C16H25N3O3. The minimum atomic E-state index is -0.319. The molecule has 2 aliphatic rings. The van der Waals surface area contributed by atoms with Gasteiger partial charge in [0.2, 0.25) is 5.91 Å². The van der Waals surface area contributed by atoms with Gasteiger partial charge in [-0.3, -0.25) is 9.48 Å². The van der Waals surface area contributed by atoms with E-state index in [0.29, 0.717) is 19.3 Å². The lowest BCUT2D eigenvalue weighted by Gasteiger charge is -2.42. The van der Waals surface area contributed by atoms with Crippen molar-refractivity contribution in [3.8, 4) is 0 Å². The summed E-state index contributed by atoms with van der Waals surface area (Å²) in [5, 5.41) is 14.1. The summed E-state index contributed by atoms with van der Waals surface area (Å²) in [6.45, 7) is 0.733. The number of nitrogens with zero attached hydrogens (tertiary/aromatic N) is 3. The third kappa shape index (κ3) is 2.77. The van der Waals surface area contributed by atoms with E-state index in [1.54, 1.807) is 18.0 Å². The van der Waals surface area contributed by atoms with Gasteiger partial charge in [-0.05, 0) is 37.7 Å². The molecular weight excluding hydrogens is 282 g/mol. The summed E-state index contributed by atoms with van der Waals surface area (Å²) in [7, 11) is 3.61. The summed E-state index contributed by atoms with van der Waals surface area (Å²) < 4.78 is 7.53. The smallest absolute Gasteiger partial charge is 0.223 e. The second kappa shape index (κ2) is 6.01. The van der Waals surface area contributed by atoms with Gasteiger partial charge >= 0.3 is 0 Å². The first-order valence-corrected chi connectivity index (χ1v) is 8.04. The van der Waals surface area contributed by atoms with E-state index in [1.165, 1.54) is 0 Å². The first kappa shape index (κ1) is 15.5. The van der Waals surface area contributed by atoms with Gasteiger partial charge in [-0.2, -0.15) is 5.10 Å². The molecule has 1 saturated heterocycles. The van der Waals surface area contributed by atoms with Gasteiger partial charge in [0.1, 0.15) is 0 Å². The quantitative estimate of drug-likeness (QED) is 0.897. The van der Waals surface area contributed by atoms with Crippen LogP contribution < -0.4 is 0 Å². The van der Waals surface area contributed by atoms with Gasteiger partial charge in [0.25, 0.3) is 0 Å². The Bertz CT molecular complexity index is 544. The van der Waals surface area contributed by atoms with Crippen molar-refractivity contribution < 1.29 is 14.6 Å². The maximum atomic E-state index is 12.6.